The van der Waals surface area contributed by atoms with E-state index in [4.69, 9.17) is 5.73 Å². The molecule has 1 heterocycles. The Morgan fingerprint density at radius 2 is 2.47 bits per heavy atom. The summed E-state index contributed by atoms with van der Waals surface area (Å²) in [6.07, 6.45) is 7.18. The van der Waals surface area contributed by atoms with E-state index in [9.17, 15) is 4.79 Å². The minimum atomic E-state index is 0.117. The van der Waals surface area contributed by atoms with Gasteiger partial charge in [-0.2, -0.15) is 0 Å². The third-order valence-corrected chi connectivity index (χ3v) is 3.41. The van der Waals surface area contributed by atoms with Crippen LogP contribution in [-0.2, 0) is 18.3 Å². The molecule has 1 fully saturated rings. The summed E-state index contributed by atoms with van der Waals surface area (Å²) in [6, 6.07) is 0.209. The summed E-state index contributed by atoms with van der Waals surface area (Å²) in [5.74, 6) is 1.26. The molecule has 0 spiro atoms. The molecule has 0 bridgehead atoms. The third kappa shape index (κ3) is 3.06. The molecule has 5 heteroatoms. The number of nitrogens with two attached hydrogens (primary N) is 1. The Labute approximate surface area is 101 Å². The summed E-state index contributed by atoms with van der Waals surface area (Å²) in [5, 5.41) is 2.96. The van der Waals surface area contributed by atoms with Crippen molar-refractivity contribution in [2.24, 2.45) is 18.7 Å². The van der Waals surface area contributed by atoms with Gasteiger partial charge in [-0.05, 0) is 19.3 Å². The van der Waals surface area contributed by atoms with E-state index in [1.165, 1.54) is 0 Å². The topological polar surface area (TPSA) is 72.9 Å². The average molecular weight is 236 g/mol. The van der Waals surface area contributed by atoms with E-state index >= 15 is 0 Å². The van der Waals surface area contributed by atoms with Gasteiger partial charge in [-0.1, -0.05) is 0 Å². The van der Waals surface area contributed by atoms with E-state index in [0.717, 1.165) is 31.5 Å². The molecule has 94 valence electrons. The second-order valence-corrected chi connectivity index (χ2v) is 4.77. The Hall–Kier alpha value is -1.36. The lowest BCUT2D eigenvalue weighted by Gasteiger charge is -2.10. The first-order valence-corrected chi connectivity index (χ1v) is 6.16. The number of imidazole rings is 1. The number of nitrogens with one attached hydrogen (secondary N) is 1. The molecule has 1 aromatic heterocycles. The molecule has 1 amide bonds. The van der Waals surface area contributed by atoms with Gasteiger partial charge >= 0.3 is 0 Å². The number of carbonyl (C=O) groups is 1. The molecule has 1 aliphatic rings. The predicted molar refractivity (Wildman–Crippen MR) is 65.2 cm³/mol. The molecule has 0 radical (unpaired) electrons. The summed E-state index contributed by atoms with van der Waals surface area (Å²) in [7, 11) is 1.96. The Morgan fingerprint density at radius 1 is 1.65 bits per heavy atom. The number of amides is 1. The van der Waals surface area contributed by atoms with Crippen LogP contribution in [0.15, 0.2) is 12.4 Å². The fourth-order valence-corrected chi connectivity index (χ4v) is 2.33. The minimum absolute atomic E-state index is 0.117. The van der Waals surface area contributed by atoms with Crippen molar-refractivity contribution in [2.75, 3.05) is 6.54 Å². The zero-order chi connectivity index (χ0) is 12.3. The van der Waals surface area contributed by atoms with Crippen LogP contribution in [0, 0.1) is 5.92 Å². The van der Waals surface area contributed by atoms with E-state index in [0.29, 0.717) is 6.54 Å². The molecule has 2 atom stereocenters. The van der Waals surface area contributed by atoms with Crippen LogP contribution >= 0.6 is 0 Å². The van der Waals surface area contributed by atoms with Crippen LogP contribution in [0.25, 0.3) is 0 Å². The van der Waals surface area contributed by atoms with Crippen molar-refractivity contribution in [3.05, 3.63) is 18.2 Å². The molecule has 0 saturated heterocycles. The van der Waals surface area contributed by atoms with E-state index in [2.05, 4.69) is 10.3 Å². The van der Waals surface area contributed by atoms with Gasteiger partial charge in [0.25, 0.3) is 0 Å². The summed E-state index contributed by atoms with van der Waals surface area (Å²) in [6.45, 7) is 0.648. The second kappa shape index (κ2) is 5.31. The van der Waals surface area contributed by atoms with E-state index < -0.39 is 0 Å². The van der Waals surface area contributed by atoms with Crippen molar-refractivity contribution < 1.29 is 4.79 Å². The first-order valence-electron chi connectivity index (χ1n) is 6.16. The van der Waals surface area contributed by atoms with E-state index in [-0.39, 0.29) is 17.9 Å². The largest absolute Gasteiger partial charge is 0.355 e. The normalized spacial score (nSPS) is 23.9. The Kier molecular flexibility index (Phi) is 3.78. The quantitative estimate of drug-likeness (QED) is 0.784. The lowest BCUT2D eigenvalue weighted by molar-refractivity contribution is -0.124. The van der Waals surface area contributed by atoms with Crippen LogP contribution in [0.1, 0.15) is 25.1 Å². The van der Waals surface area contributed by atoms with Gasteiger partial charge in [-0.3, -0.25) is 4.79 Å². The maximum absolute atomic E-state index is 11.8. The number of rotatable bonds is 4. The van der Waals surface area contributed by atoms with Gasteiger partial charge in [0.2, 0.25) is 5.91 Å². The monoisotopic (exact) mass is 236 g/mol. The summed E-state index contributed by atoms with van der Waals surface area (Å²) >= 11 is 0. The zero-order valence-electron chi connectivity index (χ0n) is 10.2. The van der Waals surface area contributed by atoms with Gasteiger partial charge in [-0.25, -0.2) is 4.98 Å². The van der Waals surface area contributed by atoms with Crippen molar-refractivity contribution in [3.8, 4) is 0 Å². The third-order valence-electron chi connectivity index (χ3n) is 3.41. The van der Waals surface area contributed by atoms with E-state index in [1.807, 2.05) is 17.8 Å². The number of aromatic nitrogens is 2. The van der Waals surface area contributed by atoms with Crippen LogP contribution in [0.4, 0.5) is 0 Å². The Balaban J connectivity index is 1.72. The molecule has 1 aromatic rings. The summed E-state index contributed by atoms with van der Waals surface area (Å²) in [5.41, 5.74) is 5.80. The maximum Gasteiger partial charge on any atom is 0.223 e. The second-order valence-electron chi connectivity index (χ2n) is 4.77. The lowest BCUT2D eigenvalue weighted by atomic mass is 10.1. The smallest absolute Gasteiger partial charge is 0.223 e. The van der Waals surface area contributed by atoms with Gasteiger partial charge < -0.3 is 15.6 Å². The van der Waals surface area contributed by atoms with Crippen LogP contribution in [0.5, 0.6) is 0 Å². The van der Waals surface area contributed by atoms with Gasteiger partial charge in [0.05, 0.1) is 0 Å². The van der Waals surface area contributed by atoms with Crippen molar-refractivity contribution in [1.82, 2.24) is 14.9 Å². The first-order chi connectivity index (χ1) is 8.16. The number of aryl methyl sites for hydroxylation is 1. The van der Waals surface area contributed by atoms with E-state index in [1.54, 1.807) is 6.20 Å². The highest BCUT2D eigenvalue weighted by atomic mass is 16.1. The zero-order valence-corrected chi connectivity index (χ0v) is 10.2. The van der Waals surface area contributed by atoms with Crippen LogP contribution in [0.3, 0.4) is 0 Å². The number of nitrogens with zero attached hydrogens (tertiary/aromatic N) is 2. The van der Waals surface area contributed by atoms with Gasteiger partial charge in [-0.15, -0.1) is 0 Å². The van der Waals surface area contributed by atoms with Crippen LogP contribution in [0.2, 0.25) is 0 Å². The Bertz CT molecular complexity index is 388. The standard InChI is InChI=1S/C12H20N4O/c1-16-7-6-14-11(16)4-5-15-12(17)9-2-3-10(13)8-9/h6-7,9-10H,2-5,8,13H2,1H3,(H,15,17). The van der Waals surface area contributed by atoms with Crippen LogP contribution in [-0.4, -0.2) is 28.0 Å². The van der Waals surface area contributed by atoms with Crippen molar-refractivity contribution in [3.63, 3.8) is 0 Å². The van der Waals surface area contributed by atoms with Gasteiger partial charge in [0.15, 0.2) is 0 Å². The molecule has 3 N–H and O–H groups in total. The molecule has 17 heavy (non-hydrogen) atoms. The van der Waals surface area contributed by atoms with Crippen LogP contribution < -0.4 is 11.1 Å². The lowest BCUT2D eigenvalue weighted by Crippen LogP contribution is -2.32. The Morgan fingerprint density at radius 3 is 3.06 bits per heavy atom. The summed E-state index contributed by atoms with van der Waals surface area (Å²) in [4.78, 5) is 16.0. The minimum Gasteiger partial charge on any atom is -0.355 e. The number of hydrogen-bond donors (Lipinski definition) is 2. The first kappa shape index (κ1) is 12.1. The van der Waals surface area contributed by atoms with Crippen molar-refractivity contribution in [1.29, 1.82) is 0 Å². The number of carbonyl (C=O) groups excluding carboxylic acids is 1. The molecule has 0 aliphatic heterocycles. The highest BCUT2D eigenvalue weighted by Gasteiger charge is 2.27. The van der Waals surface area contributed by atoms with Gasteiger partial charge in [0.1, 0.15) is 5.82 Å². The summed E-state index contributed by atoms with van der Waals surface area (Å²) < 4.78 is 1.97. The predicted octanol–water partition coefficient (Wildman–Crippen LogP) is 0.206. The molecule has 5 nitrogen and oxygen atoms in total. The molecule has 1 aliphatic carbocycles. The fraction of sp³-hybridized carbons (Fsp3) is 0.667. The molecular weight excluding hydrogens is 216 g/mol. The maximum atomic E-state index is 11.8. The van der Waals surface area contributed by atoms with Crippen molar-refractivity contribution in [2.45, 2.75) is 31.7 Å². The molecule has 0 aromatic carbocycles. The fourth-order valence-electron chi connectivity index (χ4n) is 2.33. The highest BCUT2D eigenvalue weighted by Crippen LogP contribution is 2.23. The molecular formula is C12H20N4O. The van der Waals surface area contributed by atoms with Crippen molar-refractivity contribution >= 4 is 5.91 Å². The number of hydrogen-bond acceptors (Lipinski definition) is 3. The average Bonchev–Trinajstić information content (AvgIpc) is 2.88. The van der Waals surface area contributed by atoms with Gasteiger partial charge in [0, 0.05) is 44.4 Å². The molecule has 2 rings (SSSR count). The highest BCUT2D eigenvalue weighted by molar-refractivity contribution is 5.78. The molecule has 1 saturated carbocycles. The SMILES string of the molecule is Cn1ccnc1CCNC(=O)C1CCC(N)C1. The molecule has 2 unspecified atom stereocenters.